The molecule has 1 amide bonds. The minimum Gasteiger partial charge on any atom is -0.493 e. The van der Waals surface area contributed by atoms with Crippen molar-refractivity contribution in [3.63, 3.8) is 0 Å². The molecule has 0 aromatic heterocycles. The van der Waals surface area contributed by atoms with Gasteiger partial charge in [0.25, 0.3) is 0 Å². The third-order valence-corrected chi connectivity index (χ3v) is 6.81. The zero-order valence-electron chi connectivity index (χ0n) is 18.2. The molecule has 2 saturated heterocycles. The van der Waals surface area contributed by atoms with E-state index in [1.165, 1.54) is 11.1 Å². The van der Waals surface area contributed by atoms with Crippen molar-refractivity contribution in [2.75, 3.05) is 19.8 Å². The SMILES string of the molecule is O=C(CCc1ccc2c(c1)CCO2)C1CC2COCC(C1)N2C(=O)OCc1ccccc1. The maximum absolute atomic E-state index is 13.0. The van der Waals surface area contributed by atoms with Gasteiger partial charge >= 0.3 is 6.09 Å². The molecule has 2 fully saturated rings. The summed E-state index contributed by atoms with van der Waals surface area (Å²) in [5, 5.41) is 0. The van der Waals surface area contributed by atoms with Gasteiger partial charge in [0.15, 0.2) is 0 Å². The molecule has 0 saturated carbocycles. The minimum absolute atomic E-state index is 0.0233. The van der Waals surface area contributed by atoms with Gasteiger partial charge in [0.2, 0.25) is 0 Å². The predicted molar refractivity (Wildman–Crippen MR) is 119 cm³/mol. The smallest absolute Gasteiger partial charge is 0.410 e. The summed E-state index contributed by atoms with van der Waals surface area (Å²) in [5.74, 6) is 1.24. The number of hydrogen-bond donors (Lipinski definition) is 0. The molecular weight excluding hydrogens is 406 g/mol. The summed E-state index contributed by atoms with van der Waals surface area (Å²) in [6, 6.07) is 15.7. The maximum Gasteiger partial charge on any atom is 0.410 e. The van der Waals surface area contributed by atoms with E-state index in [-0.39, 0.29) is 36.5 Å². The number of ether oxygens (including phenoxy) is 3. The first kappa shape index (κ1) is 21.0. The molecule has 32 heavy (non-hydrogen) atoms. The number of nitrogens with zero attached hydrogens (tertiary/aromatic N) is 1. The first-order valence-corrected chi connectivity index (χ1v) is 11.5. The van der Waals surface area contributed by atoms with E-state index in [4.69, 9.17) is 14.2 Å². The van der Waals surface area contributed by atoms with E-state index in [1.807, 2.05) is 41.3 Å². The Balaban J connectivity index is 1.16. The van der Waals surface area contributed by atoms with Crippen LogP contribution in [0.1, 0.15) is 36.0 Å². The van der Waals surface area contributed by atoms with Crippen LogP contribution in [-0.4, -0.2) is 48.7 Å². The van der Waals surface area contributed by atoms with Crippen molar-refractivity contribution in [1.29, 1.82) is 0 Å². The highest BCUT2D eigenvalue weighted by Gasteiger charge is 2.44. The number of fused-ring (bicyclic) bond motifs is 3. The number of aryl methyl sites for hydroxylation is 1. The highest BCUT2D eigenvalue weighted by molar-refractivity contribution is 5.82. The van der Waals surface area contributed by atoms with Gasteiger partial charge in [-0.15, -0.1) is 0 Å². The minimum atomic E-state index is -0.307. The molecule has 3 aliphatic rings. The average molecular weight is 436 g/mol. The second-order valence-electron chi connectivity index (χ2n) is 8.97. The number of piperidine rings is 1. The number of carbonyl (C=O) groups excluding carboxylic acids is 2. The standard InChI is InChI=1S/C26H29NO5/c28-24(8-6-18-7-9-25-20(12-18)10-11-31-25)21-13-22-16-30-17-23(14-21)27(22)26(29)32-15-19-4-2-1-3-5-19/h1-5,7,9,12,21-23H,6,8,10-11,13-17H2. The van der Waals surface area contributed by atoms with Crippen molar-refractivity contribution in [2.45, 2.75) is 50.8 Å². The van der Waals surface area contributed by atoms with Gasteiger partial charge in [-0.25, -0.2) is 4.79 Å². The number of carbonyl (C=O) groups is 2. The van der Waals surface area contributed by atoms with Gasteiger partial charge < -0.3 is 14.2 Å². The molecule has 0 radical (unpaired) electrons. The molecular formula is C26H29NO5. The van der Waals surface area contributed by atoms with Crippen LogP contribution in [0.4, 0.5) is 4.79 Å². The summed E-state index contributed by atoms with van der Waals surface area (Å²) >= 11 is 0. The van der Waals surface area contributed by atoms with Crippen LogP contribution >= 0.6 is 0 Å². The number of rotatable bonds is 6. The van der Waals surface area contributed by atoms with Crippen LogP contribution in [0.15, 0.2) is 48.5 Å². The second-order valence-corrected chi connectivity index (χ2v) is 8.97. The molecule has 2 aromatic carbocycles. The van der Waals surface area contributed by atoms with Gasteiger partial charge in [0, 0.05) is 18.8 Å². The largest absolute Gasteiger partial charge is 0.493 e. The van der Waals surface area contributed by atoms with Gasteiger partial charge in [-0.1, -0.05) is 42.5 Å². The van der Waals surface area contributed by atoms with Crippen molar-refractivity contribution in [1.82, 2.24) is 4.90 Å². The molecule has 5 rings (SSSR count). The number of amides is 1. The zero-order chi connectivity index (χ0) is 21.9. The Hall–Kier alpha value is -2.86. The van der Waals surface area contributed by atoms with Crippen molar-refractivity contribution in [2.24, 2.45) is 5.92 Å². The van der Waals surface area contributed by atoms with Crippen LogP contribution < -0.4 is 4.74 Å². The van der Waals surface area contributed by atoms with Crippen molar-refractivity contribution < 1.29 is 23.8 Å². The maximum atomic E-state index is 13.0. The van der Waals surface area contributed by atoms with E-state index in [9.17, 15) is 9.59 Å². The Kier molecular flexibility index (Phi) is 6.12. The molecule has 2 atom stereocenters. The van der Waals surface area contributed by atoms with Crippen LogP contribution in [0.25, 0.3) is 0 Å². The Morgan fingerprint density at radius 2 is 1.78 bits per heavy atom. The summed E-state index contributed by atoms with van der Waals surface area (Å²) in [6.45, 7) is 1.93. The number of ketones is 1. The molecule has 3 aliphatic heterocycles. The van der Waals surface area contributed by atoms with Gasteiger partial charge in [0.1, 0.15) is 18.1 Å². The molecule has 6 nitrogen and oxygen atoms in total. The van der Waals surface area contributed by atoms with Crippen LogP contribution in [0.3, 0.4) is 0 Å². The van der Waals surface area contributed by atoms with Crippen molar-refractivity contribution in [3.05, 3.63) is 65.2 Å². The fourth-order valence-electron chi connectivity index (χ4n) is 5.14. The van der Waals surface area contributed by atoms with Crippen LogP contribution in [0.2, 0.25) is 0 Å². The van der Waals surface area contributed by atoms with Gasteiger partial charge in [-0.3, -0.25) is 9.69 Å². The molecule has 168 valence electrons. The molecule has 2 aromatic rings. The lowest BCUT2D eigenvalue weighted by Gasteiger charge is -2.47. The fraction of sp³-hybridized carbons (Fsp3) is 0.462. The Morgan fingerprint density at radius 1 is 1.00 bits per heavy atom. The number of benzene rings is 2. The van der Waals surface area contributed by atoms with Gasteiger partial charge in [-0.05, 0) is 42.0 Å². The first-order chi connectivity index (χ1) is 15.7. The first-order valence-electron chi connectivity index (χ1n) is 11.5. The fourth-order valence-corrected chi connectivity index (χ4v) is 5.14. The van der Waals surface area contributed by atoms with E-state index >= 15 is 0 Å². The highest BCUT2D eigenvalue weighted by atomic mass is 16.6. The summed E-state index contributed by atoms with van der Waals surface area (Å²) in [7, 11) is 0. The number of Topliss-reactive ketones (excluding diaryl/α,β-unsaturated/α-hetero) is 1. The Morgan fingerprint density at radius 3 is 2.56 bits per heavy atom. The summed E-state index contributed by atoms with van der Waals surface area (Å²) in [5.41, 5.74) is 3.39. The summed E-state index contributed by atoms with van der Waals surface area (Å²) < 4.78 is 16.9. The Bertz CT molecular complexity index is 961. The van der Waals surface area contributed by atoms with Crippen LogP contribution in [-0.2, 0) is 33.7 Å². The molecule has 2 unspecified atom stereocenters. The Labute approximate surface area is 188 Å². The van der Waals surface area contributed by atoms with E-state index in [2.05, 4.69) is 12.1 Å². The lowest BCUT2D eigenvalue weighted by atomic mass is 9.81. The lowest BCUT2D eigenvalue weighted by Crippen LogP contribution is -2.59. The van der Waals surface area contributed by atoms with Crippen molar-refractivity contribution in [3.8, 4) is 5.75 Å². The van der Waals surface area contributed by atoms with E-state index in [0.29, 0.717) is 32.5 Å². The quantitative estimate of drug-likeness (QED) is 0.688. The van der Waals surface area contributed by atoms with Gasteiger partial charge in [0.05, 0.1) is 31.9 Å². The lowest BCUT2D eigenvalue weighted by molar-refractivity contribution is -0.131. The van der Waals surface area contributed by atoms with Gasteiger partial charge in [-0.2, -0.15) is 0 Å². The topological polar surface area (TPSA) is 65.1 Å². The molecule has 0 N–H and O–H groups in total. The van der Waals surface area contributed by atoms with Crippen LogP contribution in [0.5, 0.6) is 5.75 Å². The predicted octanol–water partition coefficient (Wildman–Crippen LogP) is 3.94. The van der Waals surface area contributed by atoms with Crippen LogP contribution in [0, 0.1) is 5.92 Å². The summed E-state index contributed by atoms with van der Waals surface area (Å²) in [4.78, 5) is 27.7. The normalized spacial score (nSPS) is 23.9. The number of hydrogen-bond acceptors (Lipinski definition) is 5. The van der Waals surface area contributed by atoms with Crippen molar-refractivity contribution >= 4 is 11.9 Å². The highest BCUT2D eigenvalue weighted by Crippen LogP contribution is 2.34. The molecule has 0 spiro atoms. The monoisotopic (exact) mass is 435 g/mol. The zero-order valence-corrected chi connectivity index (χ0v) is 18.2. The molecule has 0 aliphatic carbocycles. The molecule has 6 heteroatoms. The third-order valence-electron chi connectivity index (χ3n) is 6.81. The number of morpholine rings is 1. The molecule has 3 heterocycles. The van der Waals surface area contributed by atoms with E-state index < -0.39 is 0 Å². The second kappa shape index (κ2) is 9.33. The average Bonchev–Trinajstić information content (AvgIpc) is 3.29. The molecule has 2 bridgehead atoms. The third kappa shape index (κ3) is 4.51. The summed E-state index contributed by atoms with van der Waals surface area (Å²) in [6.07, 6.45) is 3.21. The van der Waals surface area contributed by atoms with E-state index in [1.54, 1.807) is 0 Å². The van der Waals surface area contributed by atoms with E-state index in [0.717, 1.165) is 30.8 Å².